The second-order valence-electron chi connectivity index (χ2n) is 16.6. The zero-order valence-corrected chi connectivity index (χ0v) is 33.5. The van der Waals surface area contributed by atoms with Gasteiger partial charge < -0.3 is 14.0 Å². The summed E-state index contributed by atoms with van der Waals surface area (Å²) in [6.45, 7) is 4.70. The highest BCUT2D eigenvalue weighted by atomic mass is 15.1. The first-order chi connectivity index (χ1) is 29.5. The zero-order chi connectivity index (χ0) is 40.0. The zero-order valence-electron chi connectivity index (χ0n) is 33.5. The van der Waals surface area contributed by atoms with E-state index in [0.29, 0.717) is 0 Å². The molecule has 0 saturated heterocycles. The quantitative estimate of drug-likeness (QED) is 0.164. The Morgan fingerprint density at radius 1 is 0.333 bits per heavy atom. The third-order valence-electron chi connectivity index (χ3n) is 12.9. The monoisotopic (exact) mass is 767 g/mol. The fraction of sp³-hybridized carbons (Fsp3) is 0.0526. The summed E-state index contributed by atoms with van der Waals surface area (Å²) in [5, 5.41) is 4.90. The van der Waals surface area contributed by atoms with Gasteiger partial charge in [-0.05, 0) is 124 Å². The van der Waals surface area contributed by atoms with Crippen LogP contribution in [0, 0.1) is 0 Å². The number of benzene rings is 9. The average molecular weight is 768 g/mol. The minimum absolute atomic E-state index is 0.0524. The molecular formula is C57H41N3. The predicted octanol–water partition coefficient (Wildman–Crippen LogP) is 15.3. The fourth-order valence-corrected chi connectivity index (χ4v) is 10.0. The standard InChI is InChI=1S/C57H41N3/c1-57(2)51-22-12-9-19-45(51)46-32-27-39(35-52(46)57)38-25-28-42(29-26-38)58(43-30-33-55-49(36-43)47-20-10-13-23-53(47)59(55)40-15-5-3-6-16-40)44-31-34-56-50(37-44)48-21-11-14-24-54(48)60(56)41-17-7-4-8-18-41/h3-37H,1-2H3. The second kappa shape index (κ2) is 13.2. The van der Waals surface area contributed by atoms with E-state index >= 15 is 0 Å². The van der Waals surface area contributed by atoms with Crippen molar-refractivity contribution in [1.29, 1.82) is 0 Å². The van der Waals surface area contributed by atoms with Crippen molar-refractivity contribution in [3.05, 3.63) is 223 Å². The summed E-state index contributed by atoms with van der Waals surface area (Å²) in [6.07, 6.45) is 0. The molecule has 0 N–H and O–H groups in total. The van der Waals surface area contributed by atoms with Crippen LogP contribution in [0.5, 0.6) is 0 Å². The number of nitrogens with zero attached hydrogens (tertiary/aromatic N) is 3. The van der Waals surface area contributed by atoms with E-state index in [4.69, 9.17) is 0 Å². The molecule has 11 aromatic rings. The van der Waals surface area contributed by atoms with Gasteiger partial charge in [-0.1, -0.05) is 135 Å². The fourth-order valence-electron chi connectivity index (χ4n) is 10.0. The van der Waals surface area contributed by atoms with Crippen LogP contribution in [0.25, 0.3) is 77.2 Å². The molecule has 12 rings (SSSR count). The molecule has 1 aliphatic carbocycles. The second-order valence-corrected chi connectivity index (χ2v) is 16.6. The topological polar surface area (TPSA) is 13.1 Å². The lowest BCUT2D eigenvalue weighted by atomic mass is 9.81. The molecule has 0 aliphatic heterocycles. The summed E-state index contributed by atoms with van der Waals surface area (Å²) in [5.41, 5.74) is 18.3. The first kappa shape index (κ1) is 34.4. The predicted molar refractivity (Wildman–Crippen MR) is 253 cm³/mol. The van der Waals surface area contributed by atoms with E-state index in [-0.39, 0.29) is 5.41 Å². The molecule has 1 aliphatic rings. The summed E-state index contributed by atoms with van der Waals surface area (Å²) in [5.74, 6) is 0. The maximum atomic E-state index is 2.42. The highest BCUT2D eigenvalue weighted by Crippen LogP contribution is 2.50. The van der Waals surface area contributed by atoms with Crippen molar-refractivity contribution in [2.45, 2.75) is 19.3 Å². The first-order valence-corrected chi connectivity index (χ1v) is 20.9. The van der Waals surface area contributed by atoms with Crippen LogP contribution in [0.1, 0.15) is 25.0 Å². The van der Waals surface area contributed by atoms with Gasteiger partial charge in [0.05, 0.1) is 22.1 Å². The Hall–Kier alpha value is -7.62. The van der Waals surface area contributed by atoms with Crippen molar-refractivity contribution in [3.8, 4) is 33.6 Å². The van der Waals surface area contributed by atoms with Gasteiger partial charge in [-0.25, -0.2) is 0 Å². The molecule has 0 amide bonds. The largest absolute Gasteiger partial charge is 0.310 e. The smallest absolute Gasteiger partial charge is 0.0542 e. The summed E-state index contributed by atoms with van der Waals surface area (Å²) in [6, 6.07) is 77.9. The molecule has 0 radical (unpaired) electrons. The molecule has 3 nitrogen and oxygen atoms in total. The van der Waals surface area contributed by atoms with Gasteiger partial charge in [0, 0.05) is 55.4 Å². The molecular weight excluding hydrogens is 727 g/mol. The first-order valence-electron chi connectivity index (χ1n) is 20.9. The van der Waals surface area contributed by atoms with Crippen LogP contribution in [0.2, 0.25) is 0 Å². The minimum atomic E-state index is -0.0524. The van der Waals surface area contributed by atoms with Crippen LogP contribution in [-0.4, -0.2) is 9.13 Å². The number of fused-ring (bicyclic) bond motifs is 9. The van der Waals surface area contributed by atoms with Gasteiger partial charge in [0.15, 0.2) is 0 Å². The number of hydrogen-bond donors (Lipinski definition) is 0. The Bertz CT molecular complexity index is 3290. The molecule has 0 saturated carbocycles. The van der Waals surface area contributed by atoms with E-state index < -0.39 is 0 Å². The molecule has 284 valence electrons. The number of hydrogen-bond acceptors (Lipinski definition) is 1. The van der Waals surface area contributed by atoms with Gasteiger partial charge in [0.25, 0.3) is 0 Å². The molecule has 0 fully saturated rings. The number of rotatable bonds is 6. The molecule has 0 bridgehead atoms. The van der Waals surface area contributed by atoms with E-state index in [1.165, 1.54) is 77.0 Å². The van der Waals surface area contributed by atoms with Gasteiger partial charge in [-0.2, -0.15) is 0 Å². The van der Waals surface area contributed by atoms with Crippen molar-refractivity contribution < 1.29 is 0 Å². The highest BCUT2D eigenvalue weighted by Gasteiger charge is 2.35. The number of para-hydroxylation sites is 4. The molecule has 2 aromatic heterocycles. The Labute approximate surface area is 349 Å². The van der Waals surface area contributed by atoms with Gasteiger partial charge >= 0.3 is 0 Å². The van der Waals surface area contributed by atoms with Gasteiger partial charge in [0.1, 0.15) is 0 Å². The van der Waals surface area contributed by atoms with E-state index in [2.05, 4.69) is 240 Å². The number of aromatic nitrogens is 2. The normalized spacial score (nSPS) is 13.0. The van der Waals surface area contributed by atoms with Crippen LogP contribution in [0.4, 0.5) is 17.1 Å². The summed E-state index contributed by atoms with van der Waals surface area (Å²) in [4.78, 5) is 2.42. The highest BCUT2D eigenvalue weighted by molar-refractivity contribution is 6.12. The van der Waals surface area contributed by atoms with Crippen LogP contribution in [-0.2, 0) is 5.41 Å². The lowest BCUT2D eigenvalue weighted by molar-refractivity contribution is 0.660. The van der Waals surface area contributed by atoms with Crippen LogP contribution >= 0.6 is 0 Å². The Balaban J connectivity index is 1.04. The van der Waals surface area contributed by atoms with Crippen molar-refractivity contribution in [1.82, 2.24) is 9.13 Å². The maximum absolute atomic E-state index is 2.42. The Kier molecular flexibility index (Phi) is 7.58. The summed E-state index contributed by atoms with van der Waals surface area (Å²) >= 11 is 0. The molecule has 2 heterocycles. The lowest BCUT2D eigenvalue weighted by Gasteiger charge is -2.26. The van der Waals surface area contributed by atoms with Crippen LogP contribution in [0.3, 0.4) is 0 Å². The van der Waals surface area contributed by atoms with Gasteiger partial charge in [-0.3, -0.25) is 0 Å². The number of anilines is 3. The van der Waals surface area contributed by atoms with E-state index in [1.54, 1.807) is 0 Å². The van der Waals surface area contributed by atoms with E-state index in [0.717, 1.165) is 28.4 Å². The van der Waals surface area contributed by atoms with E-state index in [9.17, 15) is 0 Å². The van der Waals surface area contributed by atoms with Crippen LogP contribution < -0.4 is 4.90 Å². The molecule has 3 heteroatoms. The van der Waals surface area contributed by atoms with E-state index in [1.807, 2.05) is 0 Å². The Morgan fingerprint density at radius 2 is 0.783 bits per heavy atom. The summed E-state index contributed by atoms with van der Waals surface area (Å²) in [7, 11) is 0. The maximum Gasteiger partial charge on any atom is 0.0542 e. The molecule has 0 spiro atoms. The molecule has 0 atom stereocenters. The lowest BCUT2D eigenvalue weighted by Crippen LogP contribution is -2.14. The molecule has 60 heavy (non-hydrogen) atoms. The average Bonchev–Trinajstić information content (AvgIpc) is 3.90. The Morgan fingerprint density at radius 3 is 1.37 bits per heavy atom. The SMILES string of the molecule is CC1(C)c2ccccc2-c2ccc(-c3ccc(N(c4ccc5c(c4)c4ccccc4n5-c4ccccc4)c4ccc5c(c4)c4ccccc4n5-c4ccccc4)cc3)cc21. The van der Waals surface area contributed by atoms with Crippen molar-refractivity contribution in [2.75, 3.05) is 4.90 Å². The van der Waals surface area contributed by atoms with Gasteiger partial charge in [0.2, 0.25) is 0 Å². The third kappa shape index (κ3) is 5.15. The molecule has 9 aromatic carbocycles. The third-order valence-corrected chi connectivity index (χ3v) is 12.9. The van der Waals surface area contributed by atoms with Crippen molar-refractivity contribution in [3.63, 3.8) is 0 Å². The van der Waals surface area contributed by atoms with Crippen molar-refractivity contribution in [2.24, 2.45) is 0 Å². The minimum Gasteiger partial charge on any atom is -0.310 e. The molecule has 0 unspecified atom stereocenters. The van der Waals surface area contributed by atoms with Crippen LogP contribution in [0.15, 0.2) is 212 Å². The van der Waals surface area contributed by atoms with Crippen molar-refractivity contribution >= 4 is 60.7 Å². The van der Waals surface area contributed by atoms with Gasteiger partial charge in [-0.15, -0.1) is 0 Å². The summed E-state index contributed by atoms with van der Waals surface area (Å²) < 4.78 is 4.77.